The van der Waals surface area contributed by atoms with E-state index in [9.17, 15) is 0 Å². The van der Waals surface area contributed by atoms with Crippen molar-refractivity contribution in [1.29, 1.82) is 0 Å². The molecule has 0 aliphatic heterocycles. The van der Waals surface area contributed by atoms with Crippen molar-refractivity contribution >= 4 is 13.3 Å². The molecule has 0 aromatic carbocycles. The summed E-state index contributed by atoms with van der Waals surface area (Å²) < 4.78 is 1.85. The second-order valence-electron chi connectivity index (χ2n) is 4.23. The number of allylic oxidation sites excluding steroid dienone is 2. The van der Waals surface area contributed by atoms with Gasteiger partial charge in [-0.2, -0.15) is 0 Å². The predicted molar refractivity (Wildman–Crippen MR) is 49.9 cm³/mol. The van der Waals surface area contributed by atoms with Gasteiger partial charge in [0.15, 0.2) is 0 Å². The van der Waals surface area contributed by atoms with Gasteiger partial charge >= 0.3 is 66.7 Å². The van der Waals surface area contributed by atoms with Gasteiger partial charge in [-0.1, -0.05) is 0 Å². The number of rotatable bonds is 1. The molecule has 0 heterocycles. The molecule has 0 aromatic heterocycles. The van der Waals surface area contributed by atoms with Crippen molar-refractivity contribution in [2.45, 2.75) is 43.0 Å². The van der Waals surface area contributed by atoms with Crippen LogP contribution in [0.25, 0.3) is 0 Å². The van der Waals surface area contributed by atoms with Crippen LogP contribution >= 0.6 is 0 Å². The van der Waals surface area contributed by atoms with Gasteiger partial charge in [0.25, 0.3) is 0 Å². The minimum absolute atomic E-state index is 1.36. The van der Waals surface area contributed by atoms with Crippen LogP contribution in [0.3, 0.4) is 0 Å². The van der Waals surface area contributed by atoms with Crippen LogP contribution < -0.4 is 0 Å². The number of hydrogen-bond acceptors (Lipinski definition) is 0. The second-order valence-corrected chi connectivity index (χ2v) is 15.0. The van der Waals surface area contributed by atoms with Crippen LogP contribution in [0.1, 0.15) is 25.7 Å². The van der Waals surface area contributed by atoms with Gasteiger partial charge in [0.1, 0.15) is 0 Å². The van der Waals surface area contributed by atoms with Crippen molar-refractivity contribution < 1.29 is 0 Å². The van der Waals surface area contributed by atoms with Gasteiger partial charge in [0, 0.05) is 0 Å². The van der Waals surface area contributed by atoms with E-state index in [2.05, 4.69) is 23.3 Å². The Balaban J connectivity index is 2.62. The van der Waals surface area contributed by atoms with Crippen LogP contribution in [-0.4, -0.2) is 13.3 Å². The summed E-state index contributed by atoms with van der Waals surface area (Å²) in [6, 6.07) is 0. The van der Waals surface area contributed by atoms with Crippen LogP contribution in [0.2, 0.25) is 17.3 Å². The Morgan fingerprint density at radius 2 is 1.90 bits per heavy atom. The SMILES string of the molecule is [CH3][Ge]([CH3])([CH3])[C]1=CCCCC1. The van der Waals surface area contributed by atoms with Crippen molar-refractivity contribution in [1.82, 2.24) is 0 Å². The average molecular weight is 199 g/mol. The molecule has 0 unspecified atom stereocenters. The van der Waals surface area contributed by atoms with E-state index >= 15 is 0 Å². The van der Waals surface area contributed by atoms with E-state index in [1.807, 2.05) is 4.41 Å². The van der Waals surface area contributed by atoms with Gasteiger partial charge in [-0.25, -0.2) is 0 Å². The van der Waals surface area contributed by atoms with Crippen molar-refractivity contribution in [3.8, 4) is 0 Å². The van der Waals surface area contributed by atoms with Crippen LogP contribution in [-0.2, 0) is 0 Å². The molecule has 0 N–H and O–H groups in total. The van der Waals surface area contributed by atoms with Gasteiger partial charge in [0.2, 0.25) is 0 Å². The molecule has 0 saturated carbocycles. The second kappa shape index (κ2) is 3.12. The first kappa shape index (κ1) is 8.38. The molecule has 58 valence electrons. The molecular formula is C9H18Ge. The molecule has 0 amide bonds. The van der Waals surface area contributed by atoms with Gasteiger partial charge < -0.3 is 0 Å². The quantitative estimate of drug-likeness (QED) is 0.567. The number of hydrogen-bond donors (Lipinski definition) is 0. The molecule has 1 aliphatic carbocycles. The molecule has 1 aliphatic rings. The maximum absolute atomic E-state index is 2.52. The molecule has 10 heavy (non-hydrogen) atoms. The molecule has 0 fully saturated rings. The zero-order chi connectivity index (χ0) is 7.61. The van der Waals surface area contributed by atoms with Gasteiger partial charge in [-0.3, -0.25) is 0 Å². The topological polar surface area (TPSA) is 0 Å². The van der Waals surface area contributed by atoms with Crippen LogP contribution in [0.5, 0.6) is 0 Å². The average Bonchev–Trinajstić information content (AvgIpc) is 1.88. The monoisotopic (exact) mass is 200 g/mol. The summed E-state index contributed by atoms with van der Waals surface area (Å²) in [5.74, 6) is 7.49. The minimum atomic E-state index is -1.36. The third-order valence-corrected chi connectivity index (χ3v) is 7.25. The summed E-state index contributed by atoms with van der Waals surface area (Å²) in [7, 11) is 0. The first-order valence-electron chi connectivity index (χ1n) is 4.30. The molecule has 0 aromatic rings. The molecular weight excluding hydrogens is 181 g/mol. The Bertz CT molecular complexity index is 139. The Morgan fingerprint density at radius 1 is 1.20 bits per heavy atom. The third kappa shape index (κ3) is 2.15. The fourth-order valence-electron chi connectivity index (χ4n) is 1.52. The fraction of sp³-hybridized carbons (Fsp3) is 0.778. The Hall–Kier alpha value is 0.283. The molecule has 1 heteroatoms. The van der Waals surface area contributed by atoms with Crippen molar-refractivity contribution in [2.75, 3.05) is 0 Å². The van der Waals surface area contributed by atoms with Crippen molar-refractivity contribution in [3.63, 3.8) is 0 Å². The maximum atomic E-state index is 2.52. The van der Waals surface area contributed by atoms with Crippen LogP contribution in [0.15, 0.2) is 10.5 Å². The van der Waals surface area contributed by atoms with Gasteiger partial charge in [-0.05, 0) is 0 Å². The Morgan fingerprint density at radius 3 is 2.20 bits per heavy atom. The molecule has 0 atom stereocenters. The van der Waals surface area contributed by atoms with E-state index in [-0.39, 0.29) is 0 Å². The van der Waals surface area contributed by atoms with E-state index in [4.69, 9.17) is 0 Å². The van der Waals surface area contributed by atoms with Crippen LogP contribution in [0, 0.1) is 0 Å². The summed E-state index contributed by atoms with van der Waals surface area (Å²) in [4.78, 5) is 0. The Kier molecular flexibility index (Phi) is 2.62. The molecule has 0 radical (unpaired) electrons. The molecule has 0 spiro atoms. The summed E-state index contributed by atoms with van der Waals surface area (Å²) in [5, 5.41) is 0. The van der Waals surface area contributed by atoms with Gasteiger partial charge in [-0.15, -0.1) is 0 Å². The predicted octanol–water partition coefficient (Wildman–Crippen LogP) is 3.36. The molecule has 1 rings (SSSR count). The van der Waals surface area contributed by atoms with E-state index in [0.29, 0.717) is 0 Å². The Labute approximate surface area is 67.1 Å². The summed E-state index contributed by atoms with van der Waals surface area (Å²) >= 11 is -1.36. The zero-order valence-electron chi connectivity index (χ0n) is 7.41. The fourth-order valence-corrected chi connectivity index (χ4v) is 5.05. The van der Waals surface area contributed by atoms with E-state index in [1.54, 1.807) is 0 Å². The zero-order valence-corrected chi connectivity index (χ0v) is 9.50. The third-order valence-electron chi connectivity index (χ3n) is 2.25. The normalized spacial score (nSPS) is 20.5. The van der Waals surface area contributed by atoms with E-state index in [0.717, 1.165) is 0 Å². The summed E-state index contributed by atoms with van der Waals surface area (Å²) in [5.41, 5.74) is 0. The van der Waals surface area contributed by atoms with E-state index < -0.39 is 13.3 Å². The molecule has 0 saturated heterocycles. The van der Waals surface area contributed by atoms with Crippen molar-refractivity contribution in [2.24, 2.45) is 0 Å². The standard InChI is InChI=1S/C9H18Ge/c1-10(2,3)9-7-5-4-6-8-9/h7H,4-6,8H2,1-3H3. The molecule has 0 nitrogen and oxygen atoms in total. The van der Waals surface area contributed by atoms with E-state index in [1.165, 1.54) is 25.7 Å². The van der Waals surface area contributed by atoms with Crippen molar-refractivity contribution in [3.05, 3.63) is 10.5 Å². The van der Waals surface area contributed by atoms with Gasteiger partial charge in [0.05, 0.1) is 0 Å². The summed E-state index contributed by atoms with van der Waals surface area (Å²) in [6.07, 6.45) is 8.18. The first-order valence-corrected chi connectivity index (χ1v) is 11.6. The van der Waals surface area contributed by atoms with Crippen LogP contribution in [0.4, 0.5) is 0 Å². The summed E-state index contributed by atoms with van der Waals surface area (Å²) in [6.45, 7) is 0. The molecule has 0 bridgehead atoms. The first-order chi connectivity index (χ1) is 4.61.